The molecule has 1 aliphatic rings. The maximum Gasteiger partial charge on any atom is 0.446 e. The van der Waals surface area contributed by atoms with E-state index in [0.717, 1.165) is 5.56 Å². The standard InChI is InChI=1S/C18H18F3N5O4S/c19-18(20,21)31-10-3-1-9(2-4-10)5-22-15-12-16(24-7-23-15)26(8-25-12)17-14(29)13(28)11(6-27)30-17/h1-4,7-8,11,13-14,17,27-29H,5-6H2,(H,22,23,24)/t11-,13-,14+,17?/m1/s1. The Morgan fingerprint density at radius 1 is 1.10 bits per heavy atom. The van der Waals surface area contributed by atoms with Gasteiger partial charge in [-0.15, -0.1) is 0 Å². The SMILES string of the molecule is OC[C@H]1OC(n2cnc3c(NCc4ccc(SC(F)(F)F)cc4)ncnc32)[C@@H](O)[C@@H]1O. The van der Waals surface area contributed by atoms with E-state index in [-0.39, 0.29) is 23.2 Å². The largest absolute Gasteiger partial charge is 0.446 e. The zero-order chi connectivity index (χ0) is 22.2. The van der Waals surface area contributed by atoms with Crippen LogP contribution < -0.4 is 5.32 Å². The molecule has 1 unspecified atom stereocenters. The normalized spacial score (nSPS) is 24.1. The number of aromatic nitrogens is 4. The fraction of sp³-hybridized carbons (Fsp3) is 0.389. The lowest BCUT2D eigenvalue weighted by Gasteiger charge is -2.16. The van der Waals surface area contributed by atoms with Gasteiger partial charge in [-0.3, -0.25) is 4.57 Å². The summed E-state index contributed by atoms with van der Waals surface area (Å²) in [6.45, 7) is -0.173. The molecule has 2 aromatic heterocycles. The van der Waals surface area contributed by atoms with Gasteiger partial charge < -0.3 is 25.4 Å². The van der Waals surface area contributed by atoms with Crippen LogP contribution in [0.15, 0.2) is 41.8 Å². The maximum atomic E-state index is 12.4. The summed E-state index contributed by atoms with van der Waals surface area (Å²) in [6.07, 6.45) is -1.80. The minimum absolute atomic E-state index is 0.0953. The molecule has 13 heteroatoms. The van der Waals surface area contributed by atoms with Crippen molar-refractivity contribution in [3.8, 4) is 0 Å². The molecule has 1 fully saturated rings. The number of rotatable bonds is 6. The first-order valence-electron chi connectivity index (χ1n) is 9.15. The van der Waals surface area contributed by atoms with E-state index in [4.69, 9.17) is 4.74 Å². The molecule has 0 spiro atoms. The van der Waals surface area contributed by atoms with Gasteiger partial charge in [0.2, 0.25) is 0 Å². The number of imidazole rings is 1. The number of ether oxygens (including phenoxy) is 1. The van der Waals surface area contributed by atoms with Gasteiger partial charge in [0.15, 0.2) is 23.2 Å². The maximum absolute atomic E-state index is 12.4. The number of benzene rings is 1. The fourth-order valence-electron chi connectivity index (χ4n) is 3.27. The van der Waals surface area contributed by atoms with E-state index in [9.17, 15) is 28.5 Å². The van der Waals surface area contributed by atoms with Crippen LogP contribution in [-0.4, -0.2) is 65.3 Å². The number of aliphatic hydroxyl groups excluding tert-OH is 3. The molecule has 0 bridgehead atoms. The Balaban J connectivity index is 1.50. The van der Waals surface area contributed by atoms with Crippen LogP contribution in [0.2, 0.25) is 0 Å². The van der Waals surface area contributed by atoms with E-state index < -0.39 is 36.7 Å². The van der Waals surface area contributed by atoms with Crippen molar-refractivity contribution in [1.29, 1.82) is 0 Å². The molecule has 0 amide bonds. The summed E-state index contributed by atoms with van der Waals surface area (Å²) in [6, 6.07) is 5.94. The van der Waals surface area contributed by atoms with E-state index in [0.29, 0.717) is 17.0 Å². The number of nitrogens with zero attached hydrogens (tertiary/aromatic N) is 4. The van der Waals surface area contributed by atoms with E-state index >= 15 is 0 Å². The Bertz CT molecular complexity index is 1050. The number of halogens is 3. The lowest BCUT2D eigenvalue weighted by molar-refractivity contribution is -0.0511. The highest BCUT2D eigenvalue weighted by Crippen LogP contribution is 2.37. The van der Waals surface area contributed by atoms with Crippen LogP contribution in [0.5, 0.6) is 0 Å². The minimum Gasteiger partial charge on any atom is -0.394 e. The van der Waals surface area contributed by atoms with Crippen molar-refractivity contribution in [3.63, 3.8) is 0 Å². The van der Waals surface area contributed by atoms with Crippen LogP contribution in [0.4, 0.5) is 19.0 Å². The van der Waals surface area contributed by atoms with Crippen molar-refractivity contribution in [2.45, 2.75) is 41.5 Å². The molecule has 1 aliphatic heterocycles. The Kier molecular flexibility index (Phi) is 6.03. The van der Waals surface area contributed by atoms with Crippen molar-refractivity contribution in [2.24, 2.45) is 0 Å². The fourth-order valence-corrected chi connectivity index (χ4v) is 3.81. The second kappa shape index (κ2) is 8.59. The molecule has 4 rings (SSSR count). The molecular formula is C18H18F3N5O4S. The number of hydrogen-bond acceptors (Lipinski definition) is 9. The highest BCUT2D eigenvalue weighted by Gasteiger charge is 2.44. The number of fused-ring (bicyclic) bond motifs is 1. The summed E-state index contributed by atoms with van der Waals surface area (Å²) >= 11 is -0.177. The van der Waals surface area contributed by atoms with Crippen molar-refractivity contribution in [1.82, 2.24) is 19.5 Å². The molecule has 3 aromatic rings. The van der Waals surface area contributed by atoms with Gasteiger partial charge in [-0.2, -0.15) is 13.2 Å². The smallest absolute Gasteiger partial charge is 0.394 e. The molecule has 1 aromatic carbocycles. The second-order valence-corrected chi connectivity index (χ2v) is 7.96. The number of nitrogens with one attached hydrogen (secondary N) is 1. The first-order valence-corrected chi connectivity index (χ1v) is 9.97. The zero-order valence-electron chi connectivity index (χ0n) is 15.8. The number of alkyl halides is 3. The van der Waals surface area contributed by atoms with Crippen molar-refractivity contribution < 1.29 is 33.2 Å². The van der Waals surface area contributed by atoms with Gasteiger partial charge in [-0.1, -0.05) is 12.1 Å². The molecular weight excluding hydrogens is 439 g/mol. The first-order chi connectivity index (χ1) is 14.8. The van der Waals surface area contributed by atoms with E-state index in [2.05, 4.69) is 20.3 Å². The molecule has 4 atom stereocenters. The van der Waals surface area contributed by atoms with Crippen LogP contribution >= 0.6 is 11.8 Å². The Morgan fingerprint density at radius 2 is 1.84 bits per heavy atom. The molecule has 166 valence electrons. The number of anilines is 1. The molecule has 31 heavy (non-hydrogen) atoms. The quantitative estimate of drug-likeness (QED) is 0.409. The van der Waals surface area contributed by atoms with Gasteiger partial charge >= 0.3 is 5.51 Å². The van der Waals surface area contributed by atoms with Gasteiger partial charge in [0.1, 0.15) is 24.6 Å². The highest BCUT2D eigenvalue weighted by atomic mass is 32.2. The molecule has 3 heterocycles. The topological polar surface area (TPSA) is 126 Å². The molecule has 4 N–H and O–H groups in total. The van der Waals surface area contributed by atoms with Gasteiger partial charge in [0.25, 0.3) is 0 Å². The van der Waals surface area contributed by atoms with E-state index in [1.54, 1.807) is 12.1 Å². The van der Waals surface area contributed by atoms with Crippen LogP contribution in [0, 0.1) is 0 Å². The van der Waals surface area contributed by atoms with Gasteiger partial charge in [0.05, 0.1) is 12.9 Å². The third kappa shape index (κ3) is 4.60. The average Bonchev–Trinajstić information content (AvgIpc) is 3.28. The van der Waals surface area contributed by atoms with Crippen molar-refractivity contribution >= 4 is 28.7 Å². The molecule has 0 aliphatic carbocycles. The van der Waals surface area contributed by atoms with Gasteiger partial charge in [-0.05, 0) is 29.5 Å². The monoisotopic (exact) mass is 457 g/mol. The van der Waals surface area contributed by atoms with Crippen LogP contribution in [0.1, 0.15) is 11.8 Å². The predicted molar refractivity (Wildman–Crippen MR) is 104 cm³/mol. The highest BCUT2D eigenvalue weighted by molar-refractivity contribution is 8.00. The lowest BCUT2D eigenvalue weighted by Crippen LogP contribution is -2.33. The third-order valence-electron chi connectivity index (χ3n) is 4.77. The number of thioether (sulfide) groups is 1. The Labute approximate surface area is 177 Å². The molecule has 9 nitrogen and oxygen atoms in total. The van der Waals surface area contributed by atoms with E-state index in [1.807, 2.05) is 0 Å². The van der Waals surface area contributed by atoms with Gasteiger partial charge in [0, 0.05) is 11.4 Å². The number of hydrogen-bond donors (Lipinski definition) is 4. The first kappa shape index (κ1) is 21.8. The Morgan fingerprint density at radius 3 is 2.48 bits per heavy atom. The zero-order valence-corrected chi connectivity index (χ0v) is 16.6. The summed E-state index contributed by atoms with van der Waals surface area (Å²) in [7, 11) is 0. The van der Waals surface area contributed by atoms with Crippen molar-refractivity contribution in [2.75, 3.05) is 11.9 Å². The molecule has 0 radical (unpaired) electrons. The summed E-state index contributed by atoms with van der Waals surface area (Å²) < 4.78 is 44.3. The van der Waals surface area contributed by atoms with Crippen LogP contribution in [-0.2, 0) is 11.3 Å². The third-order valence-corrected chi connectivity index (χ3v) is 5.51. The van der Waals surface area contributed by atoms with Crippen LogP contribution in [0.25, 0.3) is 11.2 Å². The van der Waals surface area contributed by atoms with Crippen molar-refractivity contribution in [3.05, 3.63) is 42.5 Å². The molecule has 1 saturated heterocycles. The summed E-state index contributed by atoms with van der Waals surface area (Å²) in [4.78, 5) is 12.7. The van der Waals surface area contributed by atoms with Gasteiger partial charge in [-0.25, -0.2) is 15.0 Å². The summed E-state index contributed by atoms with van der Waals surface area (Å²) in [5.74, 6) is 0.379. The summed E-state index contributed by atoms with van der Waals surface area (Å²) in [5.41, 5.74) is -2.88. The lowest BCUT2D eigenvalue weighted by atomic mass is 10.1. The minimum atomic E-state index is -4.34. The summed E-state index contributed by atoms with van der Waals surface area (Å²) in [5, 5.41) is 32.5. The number of aliphatic hydroxyl groups is 3. The Hall–Kier alpha value is -2.45. The average molecular weight is 457 g/mol. The van der Waals surface area contributed by atoms with Crippen LogP contribution in [0.3, 0.4) is 0 Å². The molecule has 0 saturated carbocycles. The predicted octanol–water partition coefficient (Wildman–Crippen LogP) is 1.66. The van der Waals surface area contributed by atoms with E-state index in [1.165, 1.54) is 29.4 Å². The second-order valence-electron chi connectivity index (χ2n) is 6.82.